The lowest BCUT2D eigenvalue weighted by Crippen LogP contribution is -2.47. The van der Waals surface area contributed by atoms with Crippen molar-refractivity contribution in [2.45, 2.75) is 18.2 Å². The molecule has 1 aromatic rings. The van der Waals surface area contributed by atoms with Crippen LogP contribution in [0.4, 0.5) is 18.9 Å². The highest BCUT2D eigenvalue weighted by molar-refractivity contribution is 6.30. The summed E-state index contributed by atoms with van der Waals surface area (Å²) in [5.74, 6) is -1.53. The minimum Gasteiger partial charge on any atom is -0.366 e. The molecule has 6 heteroatoms. The summed E-state index contributed by atoms with van der Waals surface area (Å²) in [6.45, 7) is 0.707. The Balaban J connectivity index is 1.87. The van der Waals surface area contributed by atoms with E-state index < -0.39 is 23.4 Å². The fourth-order valence-electron chi connectivity index (χ4n) is 2.39. The standard InChI is InChI=1S/C12H11ClF3NO/c13-7-3-8(14)11(9(15)4-7)17-2-1-12(6-18-12)10(16)5-17/h3-4,10H,1-2,5-6H2/t10-,12+/m1/s1. The number of hydrogen-bond donors (Lipinski definition) is 0. The van der Waals surface area contributed by atoms with Crippen LogP contribution in [0.1, 0.15) is 6.42 Å². The summed E-state index contributed by atoms with van der Waals surface area (Å²) in [4.78, 5) is 1.37. The molecule has 2 aliphatic rings. The van der Waals surface area contributed by atoms with Crippen molar-refractivity contribution in [1.29, 1.82) is 0 Å². The van der Waals surface area contributed by atoms with Gasteiger partial charge < -0.3 is 9.64 Å². The fraction of sp³-hybridized carbons (Fsp3) is 0.500. The summed E-state index contributed by atoms with van der Waals surface area (Å²) in [5.41, 5.74) is -0.909. The molecule has 2 heterocycles. The van der Waals surface area contributed by atoms with Crippen LogP contribution < -0.4 is 4.90 Å². The lowest BCUT2D eigenvalue weighted by Gasteiger charge is -2.34. The highest BCUT2D eigenvalue weighted by Gasteiger charge is 2.55. The maximum Gasteiger partial charge on any atom is 0.151 e. The third-order valence-electron chi connectivity index (χ3n) is 3.57. The first-order valence-electron chi connectivity index (χ1n) is 5.69. The summed E-state index contributed by atoms with van der Waals surface area (Å²) in [6.07, 6.45) is -0.781. The minimum absolute atomic E-state index is 0.00967. The fourth-order valence-corrected chi connectivity index (χ4v) is 2.58. The molecule has 0 saturated carbocycles. The molecule has 0 unspecified atom stereocenters. The van der Waals surface area contributed by atoms with Crippen molar-refractivity contribution in [3.8, 4) is 0 Å². The smallest absolute Gasteiger partial charge is 0.151 e. The van der Waals surface area contributed by atoms with Crippen molar-refractivity contribution in [1.82, 2.24) is 0 Å². The van der Waals surface area contributed by atoms with Crippen LogP contribution in [-0.4, -0.2) is 31.5 Å². The summed E-state index contributed by atoms with van der Waals surface area (Å²) < 4.78 is 46.4. The molecule has 0 radical (unpaired) electrons. The first kappa shape index (κ1) is 12.1. The molecular weight excluding hydrogens is 267 g/mol. The van der Waals surface area contributed by atoms with Crippen LogP contribution in [0.2, 0.25) is 5.02 Å². The van der Waals surface area contributed by atoms with Gasteiger partial charge in [-0.2, -0.15) is 0 Å². The Morgan fingerprint density at radius 1 is 1.33 bits per heavy atom. The number of hydrogen-bond acceptors (Lipinski definition) is 2. The van der Waals surface area contributed by atoms with E-state index in [4.69, 9.17) is 16.3 Å². The Morgan fingerprint density at radius 3 is 2.44 bits per heavy atom. The second kappa shape index (κ2) is 4.03. The van der Waals surface area contributed by atoms with E-state index in [1.807, 2.05) is 0 Å². The van der Waals surface area contributed by atoms with Crippen LogP contribution in [0.5, 0.6) is 0 Å². The van der Waals surface area contributed by atoms with E-state index in [-0.39, 0.29) is 17.3 Å². The van der Waals surface area contributed by atoms with Gasteiger partial charge >= 0.3 is 0 Å². The van der Waals surface area contributed by atoms with Gasteiger partial charge in [-0.1, -0.05) is 11.6 Å². The van der Waals surface area contributed by atoms with E-state index in [1.165, 1.54) is 4.90 Å². The van der Waals surface area contributed by atoms with Crippen molar-refractivity contribution >= 4 is 17.3 Å². The first-order chi connectivity index (χ1) is 8.52. The van der Waals surface area contributed by atoms with E-state index in [0.29, 0.717) is 19.6 Å². The monoisotopic (exact) mass is 277 g/mol. The number of rotatable bonds is 1. The van der Waals surface area contributed by atoms with Crippen molar-refractivity contribution in [3.05, 3.63) is 28.8 Å². The lowest BCUT2D eigenvalue weighted by atomic mass is 9.95. The zero-order valence-corrected chi connectivity index (χ0v) is 10.2. The summed E-state index contributed by atoms with van der Waals surface area (Å²) in [7, 11) is 0. The van der Waals surface area contributed by atoms with Crippen molar-refractivity contribution in [2.75, 3.05) is 24.6 Å². The van der Waals surface area contributed by atoms with E-state index in [0.717, 1.165) is 12.1 Å². The van der Waals surface area contributed by atoms with Gasteiger partial charge in [0.2, 0.25) is 0 Å². The maximum absolute atomic E-state index is 13.9. The molecule has 3 rings (SSSR count). The highest BCUT2D eigenvalue weighted by Crippen LogP contribution is 2.41. The molecule has 0 amide bonds. The Kier molecular flexibility index (Phi) is 2.71. The van der Waals surface area contributed by atoms with E-state index >= 15 is 0 Å². The van der Waals surface area contributed by atoms with Gasteiger partial charge in [-0.3, -0.25) is 0 Å². The Morgan fingerprint density at radius 2 is 1.94 bits per heavy atom. The second-order valence-corrected chi connectivity index (χ2v) is 5.17. The zero-order valence-electron chi connectivity index (χ0n) is 9.43. The summed E-state index contributed by atoms with van der Waals surface area (Å²) >= 11 is 5.55. The first-order valence-corrected chi connectivity index (χ1v) is 6.07. The van der Waals surface area contributed by atoms with Gasteiger partial charge in [0.05, 0.1) is 13.2 Å². The lowest BCUT2D eigenvalue weighted by molar-refractivity contribution is 0.137. The number of anilines is 1. The molecule has 2 saturated heterocycles. The quantitative estimate of drug-likeness (QED) is 0.734. The van der Waals surface area contributed by atoms with Crippen molar-refractivity contribution < 1.29 is 17.9 Å². The van der Waals surface area contributed by atoms with Crippen molar-refractivity contribution in [3.63, 3.8) is 0 Å². The maximum atomic E-state index is 13.9. The molecule has 0 N–H and O–H groups in total. The molecule has 1 spiro atoms. The van der Waals surface area contributed by atoms with Gasteiger partial charge in [-0.05, 0) is 18.6 Å². The highest BCUT2D eigenvalue weighted by atomic mass is 35.5. The predicted molar refractivity (Wildman–Crippen MR) is 61.8 cm³/mol. The molecule has 2 atom stereocenters. The largest absolute Gasteiger partial charge is 0.366 e. The Hall–Kier alpha value is -0.940. The van der Waals surface area contributed by atoms with Gasteiger partial charge in [0.25, 0.3) is 0 Å². The molecule has 0 bridgehead atoms. The molecule has 0 aromatic heterocycles. The molecule has 0 aliphatic carbocycles. The Bertz CT molecular complexity index is 469. The zero-order chi connectivity index (χ0) is 12.9. The van der Waals surface area contributed by atoms with Crippen LogP contribution in [0.25, 0.3) is 0 Å². The minimum atomic E-state index is -1.22. The van der Waals surface area contributed by atoms with Gasteiger partial charge in [-0.25, -0.2) is 13.2 Å². The number of benzene rings is 1. The number of alkyl halides is 1. The Labute approximate surface area is 107 Å². The van der Waals surface area contributed by atoms with Gasteiger partial charge in [0.1, 0.15) is 17.5 Å². The van der Waals surface area contributed by atoms with Crippen LogP contribution in [0.15, 0.2) is 12.1 Å². The van der Waals surface area contributed by atoms with Crippen LogP contribution in [0, 0.1) is 11.6 Å². The number of ether oxygens (including phenoxy) is 1. The molecule has 2 aliphatic heterocycles. The van der Waals surface area contributed by atoms with E-state index in [1.54, 1.807) is 0 Å². The van der Waals surface area contributed by atoms with Crippen LogP contribution in [0.3, 0.4) is 0 Å². The average Bonchev–Trinajstić information content (AvgIpc) is 3.03. The van der Waals surface area contributed by atoms with E-state index in [2.05, 4.69) is 0 Å². The predicted octanol–water partition coefficient (Wildman–Crippen LogP) is 2.94. The molecule has 2 fully saturated rings. The van der Waals surface area contributed by atoms with E-state index in [9.17, 15) is 13.2 Å². The molecule has 98 valence electrons. The molecule has 1 aromatic carbocycles. The second-order valence-electron chi connectivity index (χ2n) is 4.74. The third-order valence-corrected chi connectivity index (χ3v) is 3.79. The summed E-state index contributed by atoms with van der Waals surface area (Å²) in [6, 6.07) is 2.07. The van der Waals surface area contributed by atoms with Crippen LogP contribution in [-0.2, 0) is 4.74 Å². The molecule has 2 nitrogen and oxygen atoms in total. The number of halogens is 4. The average molecular weight is 278 g/mol. The number of nitrogens with zero attached hydrogens (tertiary/aromatic N) is 1. The molecule has 18 heavy (non-hydrogen) atoms. The number of piperidine rings is 1. The SMILES string of the molecule is Fc1cc(Cl)cc(F)c1N1CC[C@]2(CO2)[C@H](F)C1. The van der Waals surface area contributed by atoms with Crippen LogP contribution >= 0.6 is 11.6 Å². The van der Waals surface area contributed by atoms with Crippen molar-refractivity contribution in [2.24, 2.45) is 0 Å². The topological polar surface area (TPSA) is 15.8 Å². The third kappa shape index (κ3) is 1.86. The normalized spacial score (nSPS) is 30.9. The van der Waals surface area contributed by atoms with Gasteiger partial charge in [-0.15, -0.1) is 0 Å². The molecular formula is C12H11ClF3NO. The van der Waals surface area contributed by atoms with Gasteiger partial charge in [0, 0.05) is 11.6 Å². The number of epoxide rings is 1. The summed E-state index contributed by atoms with van der Waals surface area (Å²) in [5, 5.41) is -0.00967. The van der Waals surface area contributed by atoms with Gasteiger partial charge in [0.15, 0.2) is 11.6 Å².